The lowest BCUT2D eigenvalue weighted by Crippen LogP contribution is -1.99. The number of aromatic amines is 1. The Morgan fingerprint density at radius 3 is 2.73 bits per heavy atom. The molecule has 0 spiro atoms. The largest absolute Gasteiger partial charge is 0.394 e. The molecule has 2 rings (SSSR count). The molecule has 0 saturated carbocycles. The standard InChI is InChI=1S/C11H14N4/c1-2-13-11-9(12)10(14-15-11)8-6-4-3-5-7-8/h3-7H,2,12H2,1H3,(H2,13,14,15). The summed E-state index contributed by atoms with van der Waals surface area (Å²) in [5.41, 5.74) is 8.46. The van der Waals surface area contributed by atoms with Crippen molar-refractivity contribution >= 4 is 11.5 Å². The molecule has 15 heavy (non-hydrogen) atoms. The van der Waals surface area contributed by atoms with Crippen molar-refractivity contribution in [3.05, 3.63) is 30.3 Å². The molecule has 1 aromatic carbocycles. The molecule has 1 aromatic heterocycles. The molecule has 0 saturated heterocycles. The smallest absolute Gasteiger partial charge is 0.145 e. The second-order valence-corrected chi connectivity index (χ2v) is 3.26. The van der Waals surface area contributed by atoms with Crippen LogP contribution in [0.15, 0.2) is 30.3 Å². The van der Waals surface area contributed by atoms with Gasteiger partial charge in [0.05, 0.1) is 0 Å². The fraction of sp³-hybridized carbons (Fsp3) is 0.182. The average Bonchev–Trinajstić information content (AvgIpc) is 2.63. The van der Waals surface area contributed by atoms with Gasteiger partial charge >= 0.3 is 0 Å². The Hall–Kier alpha value is -1.97. The van der Waals surface area contributed by atoms with E-state index < -0.39 is 0 Å². The minimum Gasteiger partial charge on any atom is -0.394 e. The van der Waals surface area contributed by atoms with Gasteiger partial charge in [0.15, 0.2) is 0 Å². The van der Waals surface area contributed by atoms with Crippen LogP contribution in [0, 0.1) is 0 Å². The summed E-state index contributed by atoms with van der Waals surface area (Å²) in [6.45, 7) is 2.84. The van der Waals surface area contributed by atoms with Gasteiger partial charge in [-0.15, -0.1) is 0 Å². The number of hydrogen-bond acceptors (Lipinski definition) is 3. The Morgan fingerprint density at radius 2 is 2.07 bits per heavy atom. The van der Waals surface area contributed by atoms with Crippen LogP contribution in [0.3, 0.4) is 0 Å². The zero-order valence-electron chi connectivity index (χ0n) is 8.62. The number of nitrogens with zero attached hydrogens (tertiary/aromatic N) is 1. The van der Waals surface area contributed by atoms with E-state index in [1.807, 2.05) is 37.3 Å². The first-order chi connectivity index (χ1) is 7.33. The summed E-state index contributed by atoms with van der Waals surface area (Å²) in [7, 11) is 0. The minimum absolute atomic E-state index is 0.669. The van der Waals surface area contributed by atoms with Gasteiger partial charge in [-0.2, -0.15) is 5.10 Å². The molecular formula is C11H14N4. The van der Waals surface area contributed by atoms with Crippen LogP contribution in [0.1, 0.15) is 6.92 Å². The van der Waals surface area contributed by atoms with Crippen LogP contribution in [0.5, 0.6) is 0 Å². The normalized spacial score (nSPS) is 10.2. The van der Waals surface area contributed by atoms with Crippen molar-refractivity contribution in [2.24, 2.45) is 0 Å². The van der Waals surface area contributed by atoms with Crippen LogP contribution in [-0.4, -0.2) is 16.7 Å². The van der Waals surface area contributed by atoms with E-state index in [2.05, 4.69) is 15.5 Å². The second kappa shape index (κ2) is 4.04. The van der Waals surface area contributed by atoms with E-state index in [0.717, 1.165) is 23.6 Å². The zero-order valence-corrected chi connectivity index (χ0v) is 8.62. The summed E-state index contributed by atoms with van der Waals surface area (Å²) < 4.78 is 0. The molecule has 0 aliphatic heterocycles. The Balaban J connectivity index is 2.38. The average molecular weight is 202 g/mol. The lowest BCUT2D eigenvalue weighted by molar-refractivity contribution is 1.07. The predicted octanol–water partition coefficient (Wildman–Crippen LogP) is 2.09. The molecule has 0 fully saturated rings. The number of nitrogens with one attached hydrogen (secondary N) is 2. The highest BCUT2D eigenvalue weighted by atomic mass is 15.2. The maximum atomic E-state index is 5.97. The Bertz CT molecular complexity index is 433. The Labute approximate surface area is 88.5 Å². The highest BCUT2D eigenvalue weighted by Gasteiger charge is 2.10. The fourth-order valence-corrected chi connectivity index (χ4v) is 1.48. The van der Waals surface area contributed by atoms with E-state index in [9.17, 15) is 0 Å². The quantitative estimate of drug-likeness (QED) is 0.714. The molecule has 2 aromatic rings. The third kappa shape index (κ3) is 1.79. The van der Waals surface area contributed by atoms with Crippen LogP contribution in [0.4, 0.5) is 11.5 Å². The highest BCUT2D eigenvalue weighted by molar-refractivity contribution is 5.80. The van der Waals surface area contributed by atoms with Crippen molar-refractivity contribution in [2.75, 3.05) is 17.6 Å². The van der Waals surface area contributed by atoms with Crippen LogP contribution in [-0.2, 0) is 0 Å². The van der Waals surface area contributed by atoms with Crippen molar-refractivity contribution in [1.82, 2.24) is 10.2 Å². The lowest BCUT2D eigenvalue weighted by atomic mass is 10.1. The third-order valence-electron chi connectivity index (χ3n) is 2.20. The van der Waals surface area contributed by atoms with Crippen molar-refractivity contribution in [3.8, 4) is 11.3 Å². The SMILES string of the molecule is CCNc1[nH]nc(-c2ccccc2)c1N. The minimum atomic E-state index is 0.669. The highest BCUT2D eigenvalue weighted by Crippen LogP contribution is 2.28. The van der Waals surface area contributed by atoms with Crippen molar-refractivity contribution in [1.29, 1.82) is 0 Å². The monoisotopic (exact) mass is 202 g/mol. The number of hydrogen-bond donors (Lipinski definition) is 3. The first kappa shape index (κ1) is 9.58. The molecule has 4 nitrogen and oxygen atoms in total. The number of aromatic nitrogens is 2. The van der Waals surface area contributed by atoms with Crippen LogP contribution >= 0.6 is 0 Å². The van der Waals surface area contributed by atoms with Gasteiger partial charge in [-0.05, 0) is 6.92 Å². The van der Waals surface area contributed by atoms with Gasteiger partial charge in [0, 0.05) is 12.1 Å². The molecular weight excluding hydrogens is 188 g/mol. The fourth-order valence-electron chi connectivity index (χ4n) is 1.48. The van der Waals surface area contributed by atoms with Crippen molar-refractivity contribution in [2.45, 2.75) is 6.92 Å². The van der Waals surface area contributed by atoms with Gasteiger partial charge in [0.25, 0.3) is 0 Å². The van der Waals surface area contributed by atoms with Gasteiger partial charge < -0.3 is 11.1 Å². The molecule has 0 radical (unpaired) electrons. The summed E-state index contributed by atoms with van der Waals surface area (Å²) in [5, 5.41) is 10.2. The lowest BCUT2D eigenvalue weighted by Gasteiger charge is -2.00. The van der Waals surface area contributed by atoms with E-state index in [-0.39, 0.29) is 0 Å². The first-order valence-electron chi connectivity index (χ1n) is 4.96. The molecule has 1 heterocycles. The maximum absolute atomic E-state index is 5.97. The Morgan fingerprint density at radius 1 is 1.33 bits per heavy atom. The molecule has 0 aliphatic carbocycles. The van der Waals surface area contributed by atoms with Crippen LogP contribution in [0.2, 0.25) is 0 Å². The molecule has 4 heteroatoms. The van der Waals surface area contributed by atoms with Crippen molar-refractivity contribution in [3.63, 3.8) is 0 Å². The second-order valence-electron chi connectivity index (χ2n) is 3.26. The number of benzene rings is 1. The first-order valence-corrected chi connectivity index (χ1v) is 4.96. The number of rotatable bonds is 3. The van der Waals surface area contributed by atoms with E-state index >= 15 is 0 Å². The summed E-state index contributed by atoms with van der Waals surface area (Å²) in [6, 6.07) is 9.88. The molecule has 0 unspecified atom stereocenters. The zero-order chi connectivity index (χ0) is 10.7. The molecule has 0 bridgehead atoms. The topological polar surface area (TPSA) is 66.7 Å². The number of anilines is 2. The molecule has 0 atom stereocenters. The van der Waals surface area contributed by atoms with Gasteiger partial charge in [0.1, 0.15) is 17.2 Å². The molecule has 0 aliphatic rings. The molecule has 4 N–H and O–H groups in total. The summed E-state index contributed by atoms with van der Waals surface area (Å²) in [6.07, 6.45) is 0. The number of nitrogen functional groups attached to an aromatic ring is 1. The predicted molar refractivity (Wildman–Crippen MR) is 62.6 cm³/mol. The van der Waals surface area contributed by atoms with Gasteiger partial charge in [-0.25, -0.2) is 0 Å². The van der Waals surface area contributed by atoms with E-state index in [1.165, 1.54) is 0 Å². The third-order valence-corrected chi connectivity index (χ3v) is 2.20. The number of H-pyrrole nitrogens is 1. The molecule has 78 valence electrons. The maximum Gasteiger partial charge on any atom is 0.145 e. The van der Waals surface area contributed by atoms with Gasteiger partial charge in [-0.1, -0.05) is 30.3 Å². The van der Waals surface area contributed by atoms with Crippen molar-refractivity contribution < 1.29 is 0 Å². The van der Waals surface area contributed by atoms with Gasteiger partial charge in [0.2, 0.25) is 0 Å². The van der Waals surface area contributed by atoms with Crippen LogP contribution < -0.4 is 11.1 Å². The van der Waals surface area contributed by atoms with E-state index in [1.54, 1.807) is 0 Å². The van der Waals surface area contributed by atoms with Gasteiger partial charge in [-0.3, -0.25) is 5.10 Å². The van der Waals surface area contributed by atoms with E-state index in [0.29, 0.717) is 5.69 Å². The molecule has 0 amide bonds. The Kier molecular flexibility index (Phi) is 2.58. The van der Waals surface area contributed by atoms with Crippen LogP contribution in [0.25, 0.3) is 11.3 Å². The summed E-state index contributed by atoms with van der Waals surface area (Å²) >= 11 is 0. The summed E-state index contributed by atoms with van der Waals surface area (Å²) in [4.78, 5) is 0. The van der Waals surface area contributed by atoms with E-state index in [4.69, 9.17) is 5.73 Å². The summed E-state index contributed by atoms with van der Waals surface area (Å²) in [5.74, 6) is 0.788. The number of nitrogens with two attached hydrogens (primary N) is 1.